The molecular formula is C22H15BrN2. The van der Waals surface area contributed by atoms with Gasteiger partial charge in [0.2, 0.25) is 0 Å². The second-order valence-corrected chi connectivity index (χ2v) is 6.61. The highest BCUT2D eigenvalue weighted by Crippen LogP contribution is 2.31. The molecule has 120 valence electrons. The Balaban J connectivity index is 1.91. The Bertz CT molecular complexity index is 981. The molecule has 0 atom stereocenters. The molecule has 1 aromatic heterocycles. The molecule has 25 heavy (non-hydrogen) atoms. The van der Waals surface area contributed by atoms with Crippen LogP contribution in [0.5, 0.6) is 0 Å². The molecule has 1 heterocycles. The van der Waals surface area contributed by atoms with Gasteiger partial charge >= 0.3 is 0 Å². The highest BCUT2D eigenvalue weighted by molar-refractivity contribution is 9.10. The van der Waals surface area contributed by atoms with Crippen LogP contribution < -0.4 is 0 Å². The van der Waals surface area contributed by atoms with Crippen molar-refractivity contribution in [1.29, 1.82) is 0 Å². The summed E-state index contributed by atoms with van der Waals surface area (Å²) in [5.41, 5.74) is 5.83. The maximum absolute atomic E-state index is 4.94. The van der Waals surface area contributed by atoms with Gasteiger partial charge in [-0.1, -0.05) is 88.7 Å². The minimum Gasteiger partial charge on any atom is -0.252 e. The van der Waals surface area contributed by atoms with Crippen molar-refractivity contribution in [3.05, 3.63) is 95.6 Å². The Morgan fingerprint density at radius 1 is 0.560 bits per heavy atom. The van der Waals surface area contributed by atoms with Crippen LogP contribution in [0.3, 0.4) is 0 Å². The first-order chi connectivity index (χ1) is 12.3. The van der Waals surface area contributed by atoms with E-state index in [0.717, 1.165) is 38.2 Å². The Labute approximate surface area is 155 Å². The lowest BCUT2D eigenvalue weighted by atomic mass is 10.0. The van der Waals surface area contributed by atoms with E-state index >= 15 is 0 Å². The summed E-state index contributed by atoms with van der Waals surface area (Å²) in [6.07, 6.45) is 1.85. The minimum absolute atomic E-state index is 0.873. The maximum Gasteiger partial charge on any atom is 0.0972 e. The highest BCUT2D eigenvalue weighted by atomic mass is 79.9. The summed E-state index contributed by atoms with van der Waals surface area (Å²) < 4.78 is 1.05. The van der Waals surface area contributed by atoms with Crippen molar-refractivity contribution in [2.45, 2.75) is 0 Å². The molecule has 0 saturated carbocycles. The fourth-order valence-corrected chi connectivity index (χ4v) is 3.02. The molecule has 0 saturated heterocycles. The van der Waals surface area contributed by atoms with Gasteiger partial charge in [-0.2, -0.15) is 0 Å². The van der Waals surface area contributed by atoms with E-state index in [2.05, 4.69) is 52.3 Å². The normalized spacial score (nSPS) is 10.6. The van der Waals surface area contributed by atoms with Crippen molar-refractivity contribution < 1.29 is 0 Å². The lowest BCUT2D eigenvalue weighted by molar-refractivity contribution is 1.21. The summed E-state index contributed by atoms with van der Waals surface area (Å²) in [5, 5.41) is 0. The van der Waals surface area contributed by atoms with Crippen LogP contribution in [0.4, 0.5) is 0 Å². The monoisotopic (exact) mass is 386 g/mol. The lowest BCUT2D eigenvalue weighted by Crippen LogP contribution is -1.96. The third-order valence-corrected chi connectivity index (χ3v) is 4.54. The third-order valence-electron chi connectivity index (χ3n) is 4.01. The van der Waals surface area contributed by atoms with Crippen LogP contribution in [0.2, 0.25) is 0 Å². The SMILES string of the molecule is Brc1ccc(-c2nc(-c3ccccc3)cnc2-c2ccccc2)cc1. The topological polar surface area (TPSA) is 25.8 Å². The van der Waals surface area contributed by atoms with Crippen LogP contribution in [-0.2, 0) is 0 Å². The van der Waals surface area contributed by atoms with Gasteiger partial charge in [0.1, 0.15) is 0 Å². The Hall–Kier alpha value is -2.78. The first-order valence-electron chi connectivity index (χ1n) is 8.05. The minimum atomic E-state index is 0.873. The van der Waals surface area contributed by atoms with E-state index in [1.807, 2.05) is 54.7 Å². The number of aromatic nitrogens is 2. The molecule has 0 aliphatic heterocycles. The van der Waals surface area contributed by atoms with E-state index in [1.54, 1.807) is 0 Å². The number of hydrogen-bond donors (Lipinski definition) is 0. The van der Waals surface area contributed by atoms with Crippen molar-refractivity contribution in [3.63, 3.8) is 0 Å². The van der Waals surface area contributed by atoms with E-state index < -0.39 is 0 Å². The van der Waals surface area contributed by atoms with Crippen LogP contribution in [0.15, 0.2) is 95.6 Å². The standard InChI is InChI=1S/C22H15BrN2/c23-19-13-11-18(12-14-19)22-21(17-9-5-2-6-10-17)24-15-20(25-22)16-7-3-1-4-8-16/h1-15H. The molecule has 3 aromatic carbocycles. The second kappa shape index (κ2) is 6.99. The van der Waals surface area contributed by atoms with Crippen LogP contribution in [0.1, 0.15) is 0 Å². The smallest absolute Gasteiger partial charge is 0.0972 e. The molecule has 0 bridgehead atoms. The predicted octanol–water partition coefficient (Wildman–Crippen LogP) is 6.24. The van der Waals surface area contributed by atoms with Crippen molar-refractivity contribution in [1.82, 2.24) is 9.97 Å². The average Bonchev–Trinajstić information content (AvgIpc) is 2.69. The number of nitrogens with zero attached hydrogens (tertiary/aromatic N) is 2. The molecule has 0 unspecified atom stereocenters. The zero-order valence-electron chi connectivity index (χ0n) is 13.4. The molecule has 0 aliphatic carbocycles. The summed E-state index contributed by atoms with van der Waals surface area (Å²) in [6, 6.07) is 28.5. The summed E-state index contributed by atoms with van der Waals surface area (Å²) in [6.45, 7) is 0. The number of benzene rings is 3. The molecule has 4 aromatic rings. The van der Waals surface area contributed by atoms with Crippen molar-refractivity contribution in [3.8, 4) is 33.8 Å². The van der Waals surface area contributed by atoms with Crippen molar-refractivity contribution in [2.24, 2.45) is 0 Å². The van der Waals surface area contributed by atoms with Gasteiger partial charge in [-0.25, -0.2) is 4.98 Å². The highest BCUT2D eigenvalue weighted by Gasteiger charge is 2.13. The van der Waals surface area contributed by atoms with Gasteiger partial charge in [-0.3, -0.25) is 4.98 Å². The molecule has 4 rings (SSSR count). The van der Waals surface area contributed by atoms with Crippen LogP contribution in [0, 0.1) is 0 Å². The fourth-order valence-electron chi connectivity index (χ4n) is 2.75. The maximum atomic E-state index is 4.94. The summed E-state index contributed by atoms with van der Waals surface area (Å²) >= 11 is 3.50. The third kappa shape index (κ3) is 3.37. The van der Waals surface area contributed by atoms with E-state index in [1.165, 1.54) is 0 Å². The Morgan fingerprint density at radius 2 is 1.12 bits per heavy atom. The van der Waals surface area contributed by atoms with E-state index in [0.29, 0.717) is 0 Å². The van der Waals surface area contributed by atoms with Gasteiger partial charge in [0.15, 0.2) is 0 Å². The average molecular weight is 387 g/mol. The molecule has 0 spiro atoms. The zero-order valence-corrected chi connectivity index (χ0v) is 15.0. The summed E-state index contributed by atoms with van der Waals surface area (Å²) in [7, 11) is 0. The molecule has 0 aliphatic rings. The quantitative estimate of drug-likeness (QED) is 0.416. The van der Waals surface area contributed by atoms with Crippen molar-refractivity contribution >= 4 is 15.9 Å². The first-order valence-corrected chi connectivity index (χ1v) is 8.84. The summed E-state index contributed by atoms with van der Waals surface area (Å²) in [5.74, 6) is 0. The van der Waals surface area contributed by atoms with Gasteiger partial charge in [0.25, 0.3) is 0 Å². The fraction of sp³-hybridized carbons (Fsp3) is 0. The van der Waals surface area contributed by atoms with Crippen LogP contribution in [0.25, 0.3) is 33.8 Å². The molecule has 0 amide bonds. The Kier molecular flexibility index (Phi) is 4.40. The van der Waals surface area contributed by atoms with E-state index in [9.17, 15) is 0 Å². The molecule has 0 radical (unpaired) electrons. The molecule has 3 heteroatoms. The molecule has 2 nitrogen and oxygen atoms in total. The van der Waals surface area contributed by atoms with E-state index in [4.69, 9.17) is 9.97 Å². The first kappa shape index (κ1) is 15.7. The molecular weight excluding hydrogens is 372 g/mol. The Morgan fingerprint density at radius 3 is 1.76 bits per heavy atom. The van der Waals surface area contributed by atoms with Gasteiger partial charge in [-0.15, -0.1) is 0 Å². The molecule has 0 N–H and O–H groups in total. The number of rotatable bonds is 3. The second-order valence-electron chi connectivity index (χ2n) is 5.69. The van der Waals surface area contributed by atoms with E-state index in [-0.39, 0.29) is 0 Å². The predicted molar refractivity (Wildman–Crippen MR) is 106 cm³/mol. The van der Waals surface area contributed by atoms with Gasteiger partial charge in [0, 0.05) is 21.2 Å². The van der Waals surface area contributed by atoms with Crippen LogP contribution >= 0.6 is 15.9 Å². The number of hydrogen-bond acceptors (Lipinski definition) is 2. The zero-order chi connectivity index (χ0) is 17.1. The number of halogens is 1. The van der Waals surface area contributed by atoms with Gasteiger partial charge < -0.3 is 0 Å². The van der Waals surface area contributed by atoms with Crippen LogP contribution in [-0.4, -0.2) is 9.97 Å². The lowest BCUT2D eigenvalue weighted by Gasteiger charge is -2.11. The summed E-state index contributed by atoms with van der Waals surface area (Å²) in [4.78, 5) is 9.69. The molecule has 0 fully saturated rings. The van der Waals surface area contributed by atoms with Crippen molar-refractivity contribution in [2.75, 3.05) is 0 Å². The van der Waals surface area contributed by atoms with Gasteiger partial charge in [0.05, 0.1) is 23.3 Å². The van der Waals surface area contributed by atoms with Gasteiger partial charge in [-0.05, 0) is 12.1 Å². The largest absolute Gasteiger partial charge is 0.252 e.